The van der Waals surface area contributed by atoms with Crippen molar-refractivity contribution in [1.29, 1.82) is 0 Å². The molecule has 0 aliphatic rings. The first-order chi connectivity index (χ1) is 7.65. The third-order valence-electron chi connectivity index (χ3n) is 1.80. The standard InChI is InChI=1S/C10H8BrF2N3/c11-8-6-9(12)7(5-10(8)13)3-1-2-4-15-16-14/h1,3,5-6H,2,4H2. The zero-order valence-corrected chi connectivity index (χ0v) is 9.79. The molecular formula is C10H8BrF2N3. The number of halogens is 3. The highest BCUT2D eigenvalue weighted by Gasteiger charge is 2.05. The summed E-state index contributed by atoms with van der Waals surface area (Å²) >= 11 is 2.89. The van der Waals surface area contributed by atoms with Gasteiger partial charge in [-0.1, -0.05) is 17.3 Å². The molecule has 6 heteroatoms. The van der Waals surface area contributed by atoms with Crippen molar-refractivity contribution >= 4 is 22.0 Å². The highest BCUT2D eigenvalue weighted by atomic mass is 79.9. The van der Waals surface area contributed by atoms with Crippen LogP contribution in [0.3, 0.4) is 0 Å². The molecule has 0 aliphatic heterocycles. The summed E-state index contributed by atoms with van der Waals surface area (Å²) in [6.07, 6.45) is 3.57. The lowest BCUT2D eigenvalue weighted by molar-refractivity contribution is 0.592. The second-order valence-corrected chi connectivity index (χ2v) is 3.79. The number of nitrogens with zero attached hydrogens (tertiary/aromatic N) is 3. The largest absolute Gasteiger partial charge is 0.206 e. The van der Waals surface area contributed by atoms with E-state index in [1.807, 2.05) is 0 Å². The van der Waals surface area contributed by atoms with Gasteiger partial charge in [0, 0.05) is 17.0 Å². The van der Waals surface area contributed by atoms with E-state index >= 15 is 0 Å². The molecule has 84 valence electrons. The fourth-order valence-corrected chi connectivity index (χ4v) is 1.37. The molecule has 0 amide bonds. The minimum absolute atomic E-state index is 0.0937. The fraction of sp³-hybridized carbons (Fsp3) is 0.200. The maximum atomic E-state index is 13.3. The van der Waals surface area contributed by atoms with Gasteiger partial charge < -0.3 is 0 Å². The van der Waals surface area contributed by atoms with Crippen LogP contribution in [-0.2, 0) is 0 Å². The lowest BCUT2D eigenvalue weighted by Crippen LogP contribution is -1.86. The monoisotopic (exact) mass is 287 g/mol. The Kier molecular flexibility index (Phi) is 4.95. The minimum atomic E-state index is -0.518. The number of benzene rings is 1. The van der Waals surface area contributed by atoms with Gasteiger partial charge in [-0.25, -0.2) is 8.78 Å². The van der Waals surface area contributed by atoms with Crippen LogP contribution in [0.2, 0.25) is 0 Å². The van der Waals surface area contributed by atoms with E-state index in [2.05, 4.69) is 26.0 Å². The van der Waals surface area contributed by atoms with Crippen LogP contribution in [0, 0.1) is 11.6 Å². The molecule has 0 unspecified atom stereocenters. The summed E-state index contributed by atoms with van der Waals surface area (Å²) in [6, 6.07) is 2.17. The smallest absolute Gasteiger partial charge is 0.138 e. The van der Waals surface area contributed by atoms with E-state index in [-0.39, 0.29) is 10.0 Å². The topological polar surface area (TPSA) is 48.8 Å². The van der Waals surface area contributed by atoms with Crippen molar-refractivity contribution in [3.8, 4) is 0 Å². The van der Waals surface area contributed by atoms with Crippen LogP contribution >= 0.6 is 15.9 Å². The van der Waals surface area contributed by atoms with Gasteiger partial charge in [-0.15, -0.1) is 0 Å². The number of azide groups is 1. The first-order valence-corrected chi connectivity index (χ1v) is 5.26. The van der Waals surface area contributed by atoms with Gasteiger partial charge in [-0.3, -0.25) is 0 Å². The lowest BCUT2D eigenvalue weighted by atomic mass is 10.2. The molecule has 0 saturated heterocycles. The zero-order valence-electron chi connectivity index (χ0n) is 8.20. The molecule has 1 aromatic rings. The third-order valence-corrected chi connectivity index (χ3v) is 2.40. The lowest BCUT2D eigenvalue weighted by Gasteiger charge is -1.99. The Labute approximate surface area is 99.5 Å². The molecular weight excluding hydrogens is 280 g/mol. The van der Waals surface area contributed by atoms with Crippen LogP contribution in [0.4, 0.5) is 8.78 Å². The Morgan fingerprint density at radius 3 is 2.81 bits per heavy atom. The maximum absolute atomic E-state index is 13.3. The summed E-state index contributed by atoms with van der Waals surface area (Å²) in [5.41, 5.74) is 8.18. The Bertz CT molecular complexity index is 454. The average molecular weight is 288 g/mol. The van der Waals surface area contributed by atoms with Crippen LogP contribution < -0.4 is 0 Å². The van der Waals surface area contributed by atoms with Crippen molar-refractivity contribution in [1.82, 2.24) is 0 Å². The Hall–Kier alpha value is -1.39. The molecule has 0 N–H and O–H groups in total. The van der Waals surface area contributed by atoms with E-state index in [4.69, 9.17) is 5.53 Å². The molecule has 0 bridgehead atoms. The summed E-state index contributed by atoms with van der Waals surface area (Å²) in [7, 11) is 0. The molecule has 1 aromatic carbocycles. The Balaban J connectivity index is 2.73. The first-order valence-electron chi connectivity index (χ1n) is 4.47. The van der Waals surface area contributed by atoms with Gasteiger partial charge in [0.25, 0.3) is 0 Å². The van der Waals surface area contributed by atoms with Gasteiger partial charge in [0.15, 0.2) is 0 Å². The SMILES string of the molecule is [N-]=[N+]=NCCC=Cc1cc(F)c(Br)cc1F. The second-order valence-electron chi connectivity index (χ2n) is 2.93. The third kappa shape index (κ3) is 3.64. The van der Waals surface area contributed by atoms with Crippen molar-refractivity contribution in [3.63, 3.8) is 0 Å². The van der Waals surface area contributed by atoms with E-state index in [0.29, 0.717) is 13.0 Å². The van der Waals surface area contributed by atoms with Crippen LogP contribution in [0.15, 0.2) is 27.8 Å². The number of hydrogen-bond donors (Lipinski definition) is 0. The molecule has 0 atom stereocenters. The molecule has 1 rings (SSSR count). The maximum Gasteiger partial charge on any atom is 0.138 e. The van der Waals surface area contributed by atoms with Gasteiger partial charge >= 0.3 is 0 Å². The Morgan fingerprint density at radius 1 is 1.38 bits per heavy atom. The molecule has 0 aromatic heterocycles. The molecule has 0 saturated carbocycles. The quantitative estimate of drug-likeness (QED) is 0.258. The molecule has 0 spiro atoms. The summed E-state index contributed by atoms with van der Waals surface area (Å²) in [5, 5.41) is 3.31. The molecule has 0 fully saturated rings. The zero-order chi connectivity index (χ0) is 12.0. The van der Waals surface area contributed by atoms with Crippen molar-refractivity contribution in [2.24, 2.45) is 5.11 Å². The van der Waals surface area contributed by atoms with Gasteiger partial charge in [-0.05, 0) is 40.0 Å². The minimum Gasteiger partial charge on any atom is -0.206 e. The van der Waals surface area contributed by atoms with Crippen LogP contribution in [0.1, 0.15) is 12.0 Å². The van der Waals surface area contributed by atoms with Gasteiger partial charge in [-0.2, -0.15) is 0 Å². The second kappa shape index (κ2) is 6.25. The predicted octanol–water partition coefficient (Wildman–Crippen LogP) is 4.44. The van der Waals surface area contributed by atoms with Crippen LogP contribution in [0.5, 0.6) is 0 Å². The first kappa shape index (κ1) is 12.7. The number of rotatable bonds is 4. The summed E-state index contributed by atoms with van der Waals surface area (Å²) in [6.45, 7) is 0.299. The summed E-state index contributed by atoms with van der Waals surface area (Å²) in [5.74, 6) is -1.02. The van der Waals surface area contributed by atoms with Gasteiger partial charge in [0.2, 0.25) is 0 Å². The average Bonchev–Trinajstić information content (AvgIpc) is 2.25. The van der Waals surface area contributed by atoms with E-state index in [0.717, 1.165) is 12.1 Å². The summed E-state index contributed by atoms with van der Waals surface area (Å²) < 4.78 is 26.4. The van der Waals surface area contributed by atoms with E-state index in [1.54, 1.807) is 6.08 Å². The summed E-state index contributed by atoms with van der Waals surface area (Å²) in [4.78, 5) is 2.57. The fourth-order valence-electron chi connectivity index (χ4n) is 1.05. The molecule has 0 heterocycles. The van der Waals surface area contributed by atoms with Crippen molar-refractivity contribution < 1.29 is 8.78 Å². The number of hydrogen-bond acceptors (Lipinski definition) is 1. The highest BCUT2D eigenvalue weighted by molar-refractivity contribution is 9.10. The Morgan fingerprint density at radius 2 is 2.12 bits per heavy atom. The highest BCUT2D eigenvalue weighted by Crippen LogP contribution is 2.20. The van der Waals surface area contributed by atoms with Crippen molar-refractivity contribution in [3.05, 3.63) is 50.3 Å². The molecule has 0 aliphatic carbocycles. The van der Waals surface area contributed by atoms with Crippen molar-refractivity contribution in [2.45, 2.75) is 6.42 Å². The van der Waals surface area contributed by atoms with Gasteiger partial charge in [0.1, 0.15) is 11.6 Å². The van der Waals surface area contributed by atoms with Crippen LogP contribution in [-0.4, -0.2) is 6.54 Å². The molecule has 3 nitrogen and oxygen atoms in total. The van der Waals surface area contributed by atoms with E-state index in [9.17, 15) is 8.78 Å². The van der Waals surface area contributed by atoms with E-state index < -0.39 is 11.6 Å². The van der Waals surface area contributed by atoms with Crippen LogP contribution in [0.25, 0.3) is 16.5 Å². The molecule has 0 radical (unpaired) electrons. The van der Waals surface area contributed by atoms with Gasteiger partial charge in [0.05, 0.1) is 4.47 Å². The predicted molar refractivity (Wildman–Crippen MR) is 61.7 cm³/mol. The molecule has 16 heavy (non-hydrogen) atoms. The van der Waals surface area contributed by atoms with E-state index in [1.165, 1.54) is 6.08 Å². The van der Waals surface area contributed by atoms with Crippen molar-refractivity contribution in [2.75, 3.05) is 6.54 Å². The normalized spacial score (nSPS) is 10.4.